The molecule has 0 spiro atoms. The third-order valence-corrected chi connectivity index (χ3v) is 8.91. The van der Waals surface area contributed by atoms with Gasteiger partial charge in [-0.1, -0.05) is 18.2 Å². The minimum atomic E-state index is -4.61. The number of nitrogens with zero attached hydrogens (tertiary/aromatic N) is 3. The number of nitrogens with one attached hydrogen (secondary N) is 1. The second-order valence-corrected chi connectivity index (χ2v) is 12.1. The average Bonchev–Trinajstić information content (AvgIpc) is 3.29. The Morgan fingerprint density at radius 2 is 1.78 bits per heavy atom. The number of ether oxygens (including phenoxy) is 2. The molecule has 2 saturated heterocycles. The van der Waals surface area contributed by atoms with Crippen LogP contribution in [0.5, 0.6) is 11.5 Å². The molecule has 2 aliphatic rings. The average molecular weight is 655 g/mol. The zero-order chi connectivity index (χ0) is 32.1. The second-order valence-electron chi connectivity index (χ2n) is 9.63. The molecule has 2 fully saturated rings. The topological polar surface area (TPSA) is 175 Å². The normalized spacial score (nSPS) is 16.2. The monoisotopic (exact) mass is 654 g/mol. The number of imide groups is 1. The summed E-state index contributed by atoms with van der Waals surface area (Å²) in [5.41, 5.74) is 1.21. The molecule has 0 bridgehead atoms. The van der Waals surface area contributed by atoms with Gasteiger partial charge in [0.2, 0.25) is 5.91 Å². The summed E-state index contributed by atoms with van der Waals surface area (Å²) in [5, 5.41) is 13.4. The molecule has 0 aromatic heterocycles. The lowest BCUT2D eigenvalue weighted by atomic mass is 10.2. The summed E-state index contributed by atoms with van der Waals surface area (Å²) < 4.78 is 41.4. The summed E-state index contributed by atoms with van der Waals surface area (Å²) in [6, 6.07) is 16.0. The number of thioether (sulfide) groups is 1. The number of benzene rings is 3. The fourth-order valence-electron chi connectivity index (χ4n) is 4.53. The summed E-state index contributed by atoms with van der Waals surface area (Å²) in [5.74, 6) is -1.54. The summed E-state index contributed by atoms with van der Waals surface area (Å²) in [4.78, 5) is 51.1. The first-order valence-electron chi connectivity index (χ1n) is 13.4. The summed E-state index contributed by atoms with van der Waals surface area (Å²) in [7, 11) is -3.36. The van der Waals surface area contributed by atoms with E-state index in [9.17, 15) is 32.9 Å². The van der Waals surface area contributed by atoms with Crippen LogP contribution in [0.1, 0.15) is 5.56 Å². The van der Waals surface area contributed by atoms with E-state index in [1.807, 2.05) is 12.1 Å². The number of rotatable bonds is 10. The molecule has 0 unspecified atom stereocenters. The van der Waals surface area contributed by atoms with Crippen LogP contribution in [0, 0.1) is 10.1 Å². The Morgan fingerprint density at radius 3 is 2.47 bits per heavy atom. The van der Waals surface area contributed by atoms with E-state index in [-0.39, 0.29) is 16.4 Å². The van der Waals surface area contributed by atoms with Gasteiger partial charge >= 0.3 is 10.1 Å². The number of hydrogen-bond acceptors (Lipinski definition) is 12. The van der Waals surface area contributed by atoms with Gasteiger partial charge in [0.25, 0.3) is 16.8 Å². The number of carbonyl (C=O) groups excluding carboxylic acids is 3. The van der Waals surface area contributed by atoms with Crippen LogP contribution in [-0.2, 0) is 24.4 Å². The Bertz CT molecular complexity index is 1790. The van der Waals surface area contributed by atoms with Crippen LogP contribution < -0.4 is 19.1 Å². The van der Waals surface area contributed by atoms with Crippen LogP contribution in [0.25, 0.3) is 6.08 Å². The van der Waals surface area contributed by atoms with Crippen LogP contribution in [0.2, 0.25) is 0 Å². The van der Waals surface area contributed by atoms with Crippen molar-refractivity contribution in [2.75, 3.05) is 50.2 Å². The van der Waals surface area contributed by atoms with E-state index >= 15 is 0 Å². The fourth-order valence-corrected chi connectivity index (χ4v) is 6.48. The van der Waals surface area contributed by atoms with E-state index in [0.29, 0.717) is 36.2 Å². The summed E-state index contributed by atoms with van der Waals surface area (Å²) in [6.45, 7) is 2.34. The molecule has 14 nitrogen and oxygen atoms in total. The van der Waals surface area contributed by atoms with Gasteiger partial charge in [0, 0.05) is 30.5 Å². The molecular weight excluding hydrogens is 628 g/mol. The van der Waals surface area contributed by atoms with E-state index in [4.69, 9.17) is 13.7 Å². The maximum Gasteiger partial charge on any atom is 0.346 e. The van der Waals surface area contributed by atoms with Crippen molar-refractivity contribution in [3.8, 4) is 11.5 Å². The van der Waals surface area contributed by atoms with Crippen LogP contribution in [0.4, 0.5) is 21.9 Å². The highest BCUT2D eigenvalue weighted by Gasteiger charge is 2.36. The number of amides is 3. The van der Waals surface area contributed by atoms with Gasteiger partial charge in [0.05, 0.1) is 30.2 Å². The SMILES string of the molecule is COc1cc(/C=C2\SC(=O)N(CC(=O)Nc3ccc(N4CCOCC4)cc3)C2=O)ccc1OS(=O)(=O)c1ccccc1[N+](=O)[O-]. The first kappa shape index (κ1) is 31.5. The van der Waals surface area contributed by atoms with E-state index < -0.39 is 49.2 Å². The number of morpholine rings is 1. The van der Waals surface area contributed by atoms with Crippen LogP contribution in [0.15, 0.2) is 76.5 Å². The number of anilines is 2. The van der Waals surface area contributed by atoms with E-state index in [0.717, 1.165) is 35.8 Å². The third kappa shape index (κ3) is 7.25. The fraction of sp³-hybridized carbons (Fsp3) is 0.207. The molecule has 5 rings (SSSR count). The number of nitro groups is 1. The quantitative estimate of drug-likeness (QED) is 0.145. The van der Waals surface area contributed by atoms with E-state index in [1.54, 1.807) is 12.1 Å². The van der Waals surface area contributed by atoms with Gasteiger partial charge in [0.15, 0.2) is 16.4 Å². The van der Waals surface area contributed by atoms with Crippen molar-refractivity contribution in [2.45, 2.75) is 4.90 Å². The molecule has 3 aromatic rings. The van der Waals surface area contributed by atoms with Crippen LogP contribution in [-0.4, -0.2) is 75.3 Å². The lowest BCUT2D eigenvalue weighted by Gasteiger charge is -2.28. The summed E-state index contributed by atoms with van der Waals surface area (Å²) in [6.07, 6.45) is 1.38. The zero-order valence-corrected chi connectivity index (χ0v) is 25.3. The van der Waals surface area contributed by atoms with Crippen molar-refractivity contribution in [2.24, 2.45) is 0 Å². The highest BCUT2D eigenvalue weighted by Crippen LogP contribution is 2.36. The van der Waals surface area contributed by atoms with E-state index in [1.165, 1.54) is 43.5 Å². The number of carbonyl (C=O) groups is 3. The van der Waals surface area contributed by atoms with Gasteiger partial charge in [-0.15, -0.1) is 0 Å². The first-order chi connectivity index (χ1) is 21.6. The molecule has 234 valence electrons. The number of nitro benzene ring substituents is 1. The Balaban J connectivity index is 1.25. The van der Waals surface area contributed by atoms with Crippen molar-refractivity contribution in [1.29, 1.82) is 0 Å². The number of methoxy groups -OCH3 is 1. The second kappa shape index (κ2) is 13.4. The molecule has 2 aliphatic heterocycles. The minimum absolute atomic E-state index is 0.0333. The first-order valence-corrected chi connectivity index (χ1v) is 15.6. The van der Waals surface area contributed by atoms with Gasteiger partial charge in [0.1, 0.15) is 6.54 Å². The van der Waals surface area contributed by atoms with Crippen molar-refractivity contribution in [3.63, 3.8) is 0 Å². The highest BCUT2D eigenvalue weighted by molar-refractivity contribution is 8.18. The molecule has 3 aromatic carbocycles. The molecule has 0 atom stereocenters. The molecule has 0 radical (unpaired) electrons. The molecule has 1 N–H and O–H groups in total. The third-order valence-electron chi connectivity index (χ3n) is 6.72. The largest absolute Gasteiger partial charge is 0.493 e. The molecule has 0 aliphatic carbocycles. The number of para-hydroxylation sites is 1. The van der Waals surface area contributed by atoms with Crippen molar-refractivity contribution >= 4 is 62.1 Å². The van der Waals surface area contributed by atoms with Crippen LogP contribution >= 0.6 is 11.8 Å². The van der Waals surface area contributed by atoms with Gasteiger partial charge < -0.3 is 23.9 Å². The van der Waals surface area contributed by atoms with Crippen LogP contribution in [0.3, 0.4) is 0 Å². The Kier molecular flexibility index (Phi) is 9.36. The summed E-state index contributed by atoms with van der Waals surface area (Å²) >= 11 is 0.643. The molecule has 3 amide bonds. The van der Waals surface area contributed by atoms with Crippen molar-refractivity contribution in [1.82, 2.24) is 4.90 Å². The van der Waals surface area contributed by atoms with Gasteiger partial charge in [-0.25, -0.2) is 0 Å². The predicted octanol–water partition coefficient (Wildman–Crippen LogP) is 3.88. The number of hydrogen-bond donors (Lipinski definition) is 1. The maximum atomic E-state index is 13.0. The van der Waals surface area contributed by atoms with Gasteiger partial charge in [-0.05, 0) is 65.9 Å². The smallest absolute Gasteiger partial charge is 0.346 e. The van der Waals surface area contributed by atoms with Gasteiger partial charge in [-0.2, -0.15) is 8.42 Å². The Hall–Kier alpha value is -4.93. The Labute approximate surface area is 261 Å². The van der Waals surface area contributed by atoms with Gasteiger partial charge in [-0.3, -0.25) is 29.4 Å². The molecule has 45 heavy (non-hydrogen) atoms. The lowest BCUT2D eigenvalue weighted by Crippen LogP contribution is -2.36. The van der Waals surface area contributed by atoms with Crippen molar-refractivity contribution in [3.05, 3.63) is 87.3 Å². The molecule has 2 heterocycles. The zero-order valence-electron chi connectivity index (χ0n) is 23.7. The molecule has 16 heteroatoms. The minimum Gasteiger partial charge on any atom is -0.493 e. The lowest BCUT2D eigenvalue weighted by molar-refractivity contribution is -0.387. The molecular formula is C29H26N4O10S2. The Morgan fingerprint density at radius 1 is 1.07 bits per heavy atom. The molecule has 0 saturated carbocycles. The standard InChI is InChI=1S/C29H26N4O10S2/c1-41-24-16-19(6-11-23(24)43-45(39,40)26-5-3-2-4-22(26)33(37)38)17-25-28(35)32(29(36)44-25)18-27(34)30-20-7-9-21(10-8-20)31-12-14-42-15-13-31/h2-11,16-17H,12-15,18H2,1H3,(H,30,34)/b25-17-. The van der Waals surface area contributed by atoms with Crippen molar-refractivity contribution < 1.29 is 41.4 Å². The van der Waals surface area contributed by atoms with E-state index in [2.05, 4.69) is 10.2 Å². The predicted molar refractivity (Wildman–Crippen MR) is 165 cm³/mol. The maximum absolute atomic E-state index is 13.0. The highest BCUT2D eigenvalue weighted by atomic mass is 32.2.